The molecule has 0 saturated carbocycles. The first-order valence-corrected chi connectivity index (χ1v) is 9.80. The highest BCUT2D eigenvalue weighted by molar-refractivity contribution is 7.92. The zero-order valence-corrected chi connectivity index (χ0v) is 16.1. The Morgan fingerprint density at radius 1 is 1.07 bits per heavy atom. The summed E-state index contributed by atoms with van der Waals surface area (Å²) in [6, 6.07) is 17.1. The molecule has 0 saturated heterocycles. The zero-order valence-electron chi connectivity index (χ0n) is 15.3. The van der Waals surface area contributed by atoms with Crippen LogP contribution in [0, 0.1) is 18.3 Å². The first kappa shape index (κ1) is 19.2. The number of anilines is 3. The minimum absolute atomic E-state index is 0.170. The van der Waals surface area contributed by atoms with E-state index in [-0.39, 0.29) is 4.90 Å². The molecule has 28 heavy (non-hydrogen) atoms. The second-order valence-corrected chi connectivity index (χ2v) is 7.64. The lowest BCUT2D eigenvalue weighted by Crippen LogP contribution is -2.14. The Morgan fingerprint density at radius 2 is 1.89 bits per heavy atom. The van der Waals surface area contributed by atoms with Gasteiger partial charge in [0.15, 0.2) is 0 Å². The van der Waals surface area contributed by atoms with E-state index in [2.05, 4.69) is 21.1 Å². The van der Waals surface area contributed by atoms with E-state index >= 15 is 0 Å². The fraction of sp³-hybridized carbons (Fsp3) is 0.100. The van der Waals surface area contributed by atoms with Gasteiger partial charge in [-0.3, -0.25) is 4.72 Å². The number of benzene rings is 2. The number of ether oxygens (including phenoxy) is 1. The average Bonchev–Trinajstić information content (AvgIpc) is 2.69. The van der Waals surface area contributed by atoms with Crippen molar-refractivity contribution in [3.05, 3.63) is 71.9 Å². The van der Waals surface area contributed by atoms with Gasteiger partial charge in [-0.2, -0.15) is 5.26 Å². The summed E-state index contributed by atoms with van der Waals surface area (Å²) in [5, 5.41) is 12.0. The Morgan fingerprint density at radius 3 is 2.54 bits per heavy atom. The summed E-state index contributed by atoms with van der Waals surface area (Å²) in [7, 11) is -2.22. The largest absolute Gasteiger partial charge is 0.497 e. The number of aromatic nitrogens is 1. The van der Waals surface area contributed by atoms with Gasteiger partial charge in [-0.15, -0.1) is 0 Å². The van der Waals surface area contributed by atoms with Crippen molar-refractivity contribution in [1.82, 2.24) is 4.98 Å². The Kier molecular flexibility index (Phi) is 5.47. The van der Waals surface area contributed by atoms with E-state index in [0.29, 0.717) is 34.1 Å². The normalized spacial score (nSPS) is 10.8. The highest BCUT2D eigenvalue weighted by Gasteiger charge is 2.17. The number of nitriles is 1. The number of nitrogens with zero attached hydrogens (tertiary/aromatic N) is 2. The molecular weight excluding hydrogens is 376 g/mol. The minimum atomic E-state index is -3.75. The van der Waals surface area contributed by atoms with Crippen molar-refractivity contribution in [3.8, 4) is 11.8 Å². The minimum Gasteiger partial charge on any atom is -0.497 e. The lowest BCUT2D eigenvalue weighted by Gasteiger charge is -2.12. The van der Waals surface area contributed by atoms with Gasteiger partial charge >= 0.3 is 0 Å². The van der Waals surface area contributed by atoms with Crippen LogP contribution in [-0.4, -0.2) is 20.5 Å². The quantitative estimate of drug-likeness (QED) is 0.659. The fourth-order valence-corrected chi connectivity index (χ4v) is 3.87. The number of sulfonamides is 1. The molecule has 8 heteroatoms. The van der Waals surface area contributed by atoms with Crippen molar-refractivity contribution < 1.29 is 13.2 Å². The second-order valence-electron chi connectivity index (χ2n) is 5.99. The topological polar surface area (TPSA) is 104 Å². The van der Waals surface area contributed by atoms with Gasteiger partial charge in [0, 0.05) is 5.69 Å². The lowest BCUT2D eigenvalue weighted by molar-refractivity contribution is 0.414. The van der Waals surface area contributed by atoms with Gasteiger partial charge in [0.25, 0.3) is 10.0 Å². The van der Waals surface area contributed by atoms with Crippen molar-refractivity contribution >= 4 is 27.2 Å². The van der Waals surface area contributed by atoms with E-state index < -0.39 is 10.0 Å². The van der Waals surface area contributed by atoms with E-state index in [0.717, 1.165) is 0 Å². The van der Waals surface area contributed by atoms with E-state index in [1.807, 2.05) is 6.07 Å². The maximum atomic E-state index is 12.6. The van der Waals surface area contributed by atoms with Gasteiger partial charge in [-0.1, -0.05) is 6.07 Å². The van der Waals surface area contributed by atoms with Gasteiger partial charge in [-0.05, 0) is 61.0 Å². The Labute approximate surface area is 163 Å². The van der Waals surface area contributed by atoms with Crippen LogP contribution in [0.1, 0.15) is 11.1 Å². The third kappa shape index (κ3) is 4.39. The average molecular weight is 394 g/mol. The molecule has 7 nitrogen and oxygen atoms in total. The SMILES string of the molecule is COc1ccc(S(=O)(=O)Nc2ccc(Nc3cccc(C#N)c3)nc2)c(C)c1. The number of rotatable bonds is 6. The van der Waals surface area contributed by atoms with Crippen molar-refractivity contribution in [2.75, 3.05) is 17.1 Å². The van der Waals surface area contributed by atoms with E-state index in [1.165, 1.54) is 19.4 Å². The predicted molar refractivity (Wildman–Crippen MR) is 107 cm³/mol. The van der Waals surface area contributed by atoms with Crippen LogP contribution in [0.3, 0.4) is 0 Å². The van der Waals surface area contributed by atoms with Gasteiger partial charge in [0.05, 0.1) is 35.5 Å². The molecule has 0 spiro atoms. The molecule has 2 N–H and O–H groups in total. The van der Waals surface area contributed by atoms with Gasteiger partial charge in [0.2, 0.25) is 0 Å². The summed E-state index contributed by atoms with van der Waals surface area (Å²) in [6.45, 7) is 1.71. The maximum Gasteiger partial charge on any atom is 0.262 e. The molecule has 2 aromatic carbocycles. The Hall–Kier alpha value is -3.57. The monoisotopic (exact) mass is 394 g/mol. The first-order valence-electron chi connectivity index (χ1n) is 8.32. The van der Waals surface area contributed by atoms with E-state index in [9.17, 15) is 8.42 Å². The summed E-state index contributed by atoms with van der Waals surface area (Å²) in [4.78, 5) is 4.39. The van der Waals surface area contributed by atoms with E-state index in [4.69, 9.17) is 10.00 Å². The molecule has 0 aliphatic carbocycles. The van der Waals surface area contributed by atoms with Gasteiger partial charge in [-0.25, -0.2) is 13.4 Å². The molecule has 3 rings (SSSR count). The molecule has 3 aromatic rings. The number of methoxy groups -OCH3 is 1. The van der Waals surface area contributed by atoms with Crippen LogP contribution in [0.15, 0.2) is 65.7 Å². The summed E-state index contributed by atoms with van der Waals surface area (Å²) >= 11 is 0. The summed E-state index contributed by atoms with van der Waals surface area (Å²) in [6.07, 6.45) is 1.42. The third-order valence-corrected chi connectivity index (χ3v) is 5.49. The van der Waals surface area contributed by atoms with E-state index in [1.54, 1.807) is 49.4 Å². The molecule has 0 radical (unpaired) electrons. The molecular formula is C20H18N4O3S. The number of aryl methyl sites for hydroxylation is 1. The molecule has 0 bridgehead atoms. The van der Waals surface area contributed by atoms with Crippen LogP contribution < -0.4 is 14.8 Å². The maximum absolute atomic E-state index is 12.6. The van der Waals surface area contributed by atoms with Crippen molar-refractivity contribution in [2.24, 2.45) is 0 Å². The smallest absolute Gasteiger partial charge is 0.262 e. The molecule has 1 aromatic heterocycles. The highest BCUT2D eigenvalue weighted by Crippen LogP contribution is 2.24. The van der Waals surface area contributed by atoms with Gasteiger partial charge < -0.3 is 10.1 Å². The number of pyridine rings is 1. The molecule has 0 amide bonds. The molecule has 0 atom stereocenters. The lowest BCUT2D eigenvalue weighted by atomic mass is 10.2. The van der Waals surface area contributed by atoms with Crippen LogP contribution in [-0.2, 0) is 10.0 Å². The highest BCUT2D eigenvalue weighted by atomic mass is 32.2. The molecule has 0 fully saturated rings. The first-order chi connectivity index (χ1) is 13.4. The molecule has 0 aliphatic heterocycles. The molecule has 1 heterocycles. The predicted octanol–water partition coefficient (Wildman–Crippen LogP) is 3.81. The molecule has 0 aliphatic rings. The summed E-state index contributed by atoms with van der Waals surface area (Å²) in [5.74, 6) is 1.12. The molecule has 0 unspecified atom stereocenters. The van der Waals surface area contributed by atoms with Gasteiger partial charge in [0.1, 0.15) is 11.6 Å². The molecule has 142 valence electrons. The third-order valence-electron chi connectivity index (χ3n) is 3.95. The Balaban J connectivity index is 1.75. The van der Waals surface area contributed by atoms with Crippen LogP contribution in [0.2, 0.25) is 0 Å². The standard InChI is InChI=1S/C20H18N4O3S/c1-14-10-18(27-2)7-8-19(14)28(25,26)24-17-6-9-20(22-13-17)23-16-5-3-4-15(11-16)12-21/h3-11,13,24H,1-2H3,(H,22,23). The fourth-order valence-electron chi connectivity index (χ4n) is 2.60. The second kappa shape index (κ2) is 7.98. The van der Waals surface area contributed by atoms with Crippen LogP contribution in [0.4, 0.5) is 17.2 Å². The Bertz CT molecular complexity index is 1140. The van der Waals surface area contributed by atoms with Crippen LogP contribution in [0.5, 0.6) is 5.75 Å². The number of hydrogen-bond donors (Lipinski definition) is 2. The van der Waals surface area contributed by atoms with Crippen LogP contribution in [0.25, 0.3) is 0 Å². The van der Waals surface area contributed by atoms with Crippen molar-refractivity contribution in [2.45, 2.75) is 11.8 Å². The number of hydrogen-bond acceptors (Lipinski definition) is 6. The zero-order chi connectivity index (χ0) is 20.1. The summed E-state index contributed by atoms with van der Waals surface area (Å²) in [5.41, 5.74) is 2.17. The van der Waals surface area contributed by atoms with Crippen LogP contribution >= 0.6 is 0 Å². The van der Waals surface area contributed by atoms with Crippen molar-refractivity contribution in [1.29, 1.82) is 5.26 Å². The number of nitrogens with one attached hydrogen (secondary N) is 2. The summed E-state index contributed by atoms with van der Waals surface area (Å²) < 4.78 is 32.9. The van der Waals surface area contributed by atoms with Crippen molar-refractivity contribution in [3.63, 3.8) is 0 Å².